The number of hydrogen-bond donors (Lipinski definition) is 2. The standard InChI is InChI=1S/C17H32N4O.HI/c1-3-18-17(21-11-9-14(2)10-12-21)19-13-16(22)20-15-7-5-4-6-8-15;/h14-15H,3-13H2,1-2H3,(H,18,19)(H,20,22);1H. The first-order valence-electron chi connectivity index (χ1n) is 9.01. The van der Waals surface area contributed by atoms with Gasteiger partial charge in [-0.15, -0.1) is 24.0 Å². The van der Waals surface area contributed by atoms with Gasteiger partial charge in [-0.2, -0.15) is 0 Å². The first-order valence-corrected chi connectivity index (χ1v) is 9.01. The summed E-state index contributed by atoms with van der Waals surface area (Å²) < 4.78 is 0. The lowest BCUT2D eigenvalue weighted by atomic mass is 9.95. The molecule has 5 nitrogen and oxygen atoms in total. The van der Waals surface area contributed by atoms with E-state index < -0.39 is 0 Å². The summed E-state index contributed by atoms with van der Waals surface area (Å²) in [5, 5.41) is 6.46. The molecule has 134 valence electrons. The molecule has 0 aromatic rings. The third-order valence-electron chi connectivity index (χ3n) is 4.76. The Bertz CT molecular complexity index is 375. The molecule has 1 aliphatic heterocycles. The van der Waals surface area contributed by atoms with E-state index in [0.29, 0.717) is 6.04 Å². The first kappa shape index (κ1) is 20.5. The van der Waals surface area contributed by atoms with E-state index in [1.165, 1.54) is 32.1 Å². The van der Waals surface area contributed by atoms with Gasteiger partial charge in [0.1, 0.15) is 6.54 Å². The van der Waals surface area contributed by atoms with Gasteiger partial charge in [-0.1, -0.05) is 26.2 Å². The summed E-state index contributed by atoms with van der Waals surface area (Å²) in [6.45, 7) is 7.54. The Balaban J connectivity index is 0.00000264. The number of rotatable bonds is 4. The van der Waals surface area contributed by atoms with Crippen molar-refractivity contribution in [2.24, 2.45) is 10.9 Å². The van der Waals surface area contributed by atoms with Gasteiger partial charge < -0.3 is 15.5 Å². The predicted octanol–water partition coefficient (Wildman–Crippen LogP) is 2.75. The molecule has 0 radical (unpaired) electrons. The van der Waals surface area contributed by atoms with Crippen molar-refractivity contribution in [1.29, 1.82) is 0 Å². The van der Waals surface area contributed by atoms with Gasteiger partial charge in [-0.05, 0) is 38.5 Å². The molecule has 0 aromatic heterocycles. The number of aliphatic imine (C=N–C) groups is 1. The Hall–Kier alpha value is -0.530. The molecule has 0 unspecified atom stereocenters. The van der Waals surface area contributed by atoms with E-state index >= 15 is 0 Å². The lowest BCUT2D eigenvalue weighted by molar-refractivity contribution is -0.120. The molecule has 1 aliphatic carbocycles. The minimum absolute atomic E-state index is 0. The van der Waals surface area contributed by atoms with Crippen molar-refractivity contribution >= 4 is 35.8 Å². The predicted molar refractivity (Wildman–Crippen MR) is 106 cm³/mol. The monoisotopic (exact) mass is 436 g/mol. The summed E-state index contributed by atoms with van der Waals surface area (Å²) >= 11 is 0. The van der Waals surface area contributed by atoms with Crippen LogP contribution in [0.1, 0.15) is 58.8 Å². The number of halogens is 1. The second kappa shape index (κ2) is 11.1. The number of amides is 1. The quantitative estimate of drug-likeness (QED) is 0.405. The first-order chi connectivity index (χ1) is 10.7. The molecule has 1 amide bonds. The van der Waals surface area contributed by atoms with E-state index in [4.69, 9.17) is 0 Å². The Labute approximate surface area is 158 Å². The topological polar surface area (TPSA) is 56.7 Å². The fourth-order valence-corrected chi connectivity index (χ4v) is 3.31. The van der Waals surface area contributed by atoms with Gasteiger partial charge in [0, 0.05) is 25.7 Å². The van der Waals surface area contributed by atoms with Gasteiger partial charge in [-0.25, -0.2) is 4.99 Å². The molecule has 1 saturated heterocycles. The molecule has 2 aliphatic rings. The molecule has 2 rings (SSSR count). The van der Waals surface area contributed by atoms with E-state index in [2.05, 4.69) is 34.4 Å². The third-order valence-corrected chi connectivity index (χ3v) is 4.76. The number of carbonyl (C=O) groups is 1. The van der Waals surface area contributed by atoms with E-state index in [1.807, 2.05) is 0 Å². The van der Waals surface area contributed by atoms with Crippen molar-refractivity contribution < 1.29 is 4.79 Å². The number of carbonyl (C=O) groups excluding carboxylic acids is 1. The highest BCUT2D eigenvalue weighted by Gasteiger charge is 2.19. The number of guanidine groups is 1. The lowest BCUT2D eigenvalue weighted by Gasteiger charge is -2.33. The van der Waals surface area contributed by atoms with Crippen molar-refractivity contribution in [1.82, 2.24) is 15.5 Å². The molecule has 2 fully saturated rings. The van der Waals surface area contributed by atoms with Crippen LogP contribution in [0.25, 0.3) is 0 Å². The lowest BCUT2D eigenvalue weighted by Crippen LogP contribution is -2.46. The van der Waals surface area contributed by atoms with Crippen LogP contribution < -0.4 is 10.6 Å². The number of hydrogen-bond acceptors (Lipinski definition) is 2. The highest BCUT2D eigenvalue weighted by molar-refractivity contribution is 14.0. The van der Waals surface area contributed by atoms with Crippen LogP contribution in [0.5, 0.6) is 0 Å². The Morgan fingerprint density at radius 3 is 2.39 bits per heavy atom. The molecule has 1 heterocycles. The summed E-state index contributed by atoms with van der Waals surface area (Å²) in [5.74, 6) is 1.76. The molecular formula is C17H33IN4O. The smallest absolute Gasteiger partial charge is 0.242 e. The second-order valence-electron chi connectivity index (χ2n) is 6.74. The number of likely N-dealkylation sites (tertiary alicyclic amines) is 1. The van der Waals surface area contributed by atoms with Crippen LogP contribution in [0.3, 0.4) is 0 Å². The highest BCUT2D eigenvalue weighted by atomic mass is 127. The average Bonchev–Trinajstić information content (AvgIpc) is 2.53. The minimum Gasteiger partial charge on any atom is -0.357 e. The van der Waals surface area contributed by atoms with Gasteiger partial charge in [0.25, 0.3) is 0 Å². The summed E-state index contributed by atoms with van der Waals surface area (Å²) in [7, 11) is 0. The molecule has 6 heteroatoms. The molecule has 0 aromatic carbocycles. The summed E-state index contributed by atoms with van der Waals surface area (Å²) in [6, 6.07) is 0.370. The van der Waals surface area contributed by atoms with E-state index in [-0.39, 0.29) is 36.4 Å². The summed E-state index contributed by atoms with van der Waals surface area (Å²) in [6.07, 6.45) is 8.45. The second-order valence-corrected chi connectivity index (χ2v) is 6.74. The zero-order valence-corrected chi connectivity index (χ0v) is 17.0. The molecule has 1 saturated carbocycles. The van der Waals surface area contributed by atoms with E-state index in [9.17, 15) is 4.79 Å². The maximum atomic E-state index is 12.1. The van der Waals surface area contributed by atoms with Crippen molar-refractivity contribution in [2.45, 2.75) is 64.8 Å². The molecule has 23 heavy (non-hydrogen) atoms. The largest absolute Gasteiger partial charge is 0.357 e. The molecular weight excluding hydrogens is 403 g/mol. The van der Waals surface area contributed by atoms with Gasteiger partial charge in [0.05, 0.1) is 0 Å². The molecule has 0 atom stereocenters. The van der Waals surface area contributed by atoms with Gasteiger partial charge in [0.15, 0.2) is 5.96 Å². The van der Waals surface area contributed by atoms with Crippen LogP contribution in [-0.2, 0) is 4.79 Å². The fraction of sp³-hybridized carbons (Fsp3) is 0.882. The van der Waals surface area contributed by atoms with Crippen molar-refractivity contribution in [2.75, 3.05) is 26.2 Å². The Morgan fingerprint density at radius 1 is 1.13 bits per heavy atom. The number of nitrogens with zero attached hydrogens (tertiary/aromatic N) is 2. The van der Waals surface area contributed by atoms with Crippen LogP contribution >= 0.6 is 24.0 Å². The van der Waals surface area contributed by atoms with Gasteiger partial charge in [-0.3, -0.25) is 4.79 Å². The number of nitrogens with one attached hydrogen (secondary N) is 2. The van der Waals surface area contributed by atoms with Gasteiger partial charge in [0.2, 0.25) is 5.91 Å². The molecule has 2 N–H and O–H groups in total. The maximum absolute atomic E-state index is 12.1. The van der Waals surface area contributed by atoms with Crippen LogP contribution in [-0.4, -0.2) is 49.0 Å². The summed E-state index contributed by atoms with van der Waals surface area (Å²) in [5.41, 5.74) is 0. The Morgan fingerprint density at radius 2 is 1.78 bits per heavy atom. The van der Waals surface area contributed by atoms with E-state index in [0.717, 1.165) is 44.4 Å². The van der Waals surface area contributed by atoms with Crippen LogP contribution in [0.15, 0.2) is 4.99 Å². The zero-order chi connectivity index (χ0) is 15.8. The fourth-order valence-electron chi connectivity index (χ4n) is 3.31. The third kappa shape index (κ3) is 7.27. The minimum atomic E-state index is 0. The van der Waals surface area contributed by atoms with Crippen LogP contribution in [0.2, 0.25) is 0 Å². The normalized spacial score (nSPS) is 20.8. The van der Waals surface area contributed by atoms with Gasteiger partial charge >= 0.3 is 0 Å². The summed E-state index contributed by atoms with van der Waals surface area (Å²) in [4.78, 5) is 18.9. The van der Waals surface area contributed by atoms with Crippen LogP contribution in [0, 0.1) is 5.92 Å². The maximum Gasteiger partial charge on any atom is 0.242 e. The molecule has 0 bridgehead atoms. The van der Waals surface area contributed by atoms with Crippen molar-refractivity contribution in [3.63, 3.8) is 0 Å². The Kier molecular flexibility index (Phi) is 9.90. The average molecular weight is 436 g/mol. The van der Waals surface area contributed by atoms with Crippen molar-refractivity contribution in [3.8, 4) is 0 Å². The van der Waals surface area contributed by atoms with Crippen LogP contribution in [0.4, 0.5) is 0 Å². The number of piperidine rings is 1. The zero-order valence-electron chi connectivity index (χ0n) is 14.6. The highest BCUT2D eigenvalue weighted by Crippen LogP contribution is 2.17. The SMILES string of the molecule is CCNC(=NCC(=O)NC1CCCCC1)N1CCC(C)CC1.I. The van der Waals surface area contributed by atoms with E-state index in [1.54, 1.807) is 0 Å². The van der Waals surface area contributed by atoms with Crippen molar-refractivity contribution in [3.05, 3.63) is 0 Å². The molecule has 0 spiro atoms.